The molecule has 26 heavy (non-hydrogen) atoms. The van der Waals surface area contributed by atoms with Gasteiger partial charge in [0.25, 0.3) is 5.91 Å². The monoisotopic (exact) mass is 366 g/mol. The van der Waals surface area contributed by atoms with Gasteiger partial charge in [0.15, 0.2) is 18.2 Å². The van der Waals surface area contributed by atoms with Gasteiger partial charge >= 0.3 is 6.03 Å². The molecule has 2 unspecified atom stereocenters. The van der Waals surface area contributed by atoms with Crippen molar-refractivity contribution in [3.8, 4) is 0 Å². The maximum Gasteiger partial charge on any atom is 0.325 e. The van der Waals surface area contributed by atoms with E-state index in [-0.39, 0.29) is 17.7 Å². The van der Waals surface area contributed by atoms with Gasteiger partial charge in [-0.05, 0) is 19.8 Å². The van der Waals surface area contributed by atoms with Crippen LogP contribution >= 0.6 is 0 Å². The maximum atomic E-state index is 12.5. The van der Waals surface area contributed by atoms with Crippen molar-refractivity contribution in [1.29, 1.82) is 0 Å². The number of rotatable bonds is 5. The van der Waals surface area contributed by atoms with Crippen LogP contribution in [0, 0.1) is 5.92 Å². The number of ether oxygens (including phenoxy) is 1. The molecule has 3 aliphatic rings. The van der Waals surface area contributed by atoms with Crippen LogP contribution in [0.1, 0.15) is 19.8 Å². The fourth-order valence-electron chi connectivity index (χ4n) is 3.69. The maximum absolute atomic E-state index is 12.5. The third kappa shape index (κ3) is 3.33. The van der Waals surface area contributed by atoms with E-state index in [9.17, 15) is 14.4 Å². The number of aliphatic imine (C=N–C) groups is 1. The molecule has 144 valence electrons. The Hall–Kier alpha value is -2.36. The summed E-state index contributed by atoms with van der Waals surface area (Å²) in [5, 5.41) is 2.38. The SMILES string of the molecule is CCOCCN1C(N2CCC(C(N)=O)CC2)=NC2C1C(=O)NC(=O)N2C. The Morgan fingerprint density at radius 3 is 2.65 bits per heavy atom. The van der Waals surface area contributed by atoms with Gasteiger partial charge in [-0.25, -0.2) is 9.79 Å². The molecule has 3 rings (SSSR count). The highest BCUT2D eigenvalue weighted by molar-refractivity contribution is 6.03. The zero-order valence-electron chi connectivity index (χ0n) is 15.2. The number of carbonyl (C=O) groups is 3. The number of nitrogens with zero attached hydrogens (tertiary/aromatic N) is 4. The van der Waals surface area contributed by atoms with Crippen LogP contribution in [0.4, 0.5) is 4.79 Å². The minimum Gasteiger partial charge on any atom is -0.380 e. The predicted molar refractivity (Wildman–Crippen MR) is 93.0 cm³/mol. The number of amides is 4. The van der Waals surface area contributed by atoms with E-state index >= 15 is 0 Å². The van der Waals surface area contributed by atoms with Crippen molar-refractivity contribution in [3.05, 3.63) is 0 Å². The number of nitrogens with two attached hydrogens (primary N) is 1. The van der Waals surface area contributed by atoms with Gasteiger partial charge in [-0.1, -0.05) is 0 Å². The van der Waals surface area contributed by atoms with Crippen LogP contribution < -0.4 is 11.1 Å². The number of urea groups is 1. The number of piperidine rings is 1. The fourth-order valence-corrected chi connectivity index (χ4v) is 3.69. The summed E-state index contributed by atoms with van der Waals surface area (Å²) in [6, 6.07) is -1.01. The highest BCUT2D eigenvalue weighted by Crippen LogP contribution is 2.27. The third-order valence-corrected chi connectivity index (χ3v) is 5.20. The first-order chi connectivity index (χ1) is 12.4. The normalized spacial score (nSPS) is 26.7. The first kappa shape index (κ1) is 18.4. The van der Waals surface area contributed by atoms with Crippen molar-refractivity contribution < 1.29 is 19.1 Å². The Balaban J connectivity index is 1.80. The molecule has 3 aliphatic heterocycles. The number of primary amides is 1. The van der Waals surface area contributed by atoms with Crippen molar-refractivity contribution in [3.63, 3.8) is 0 Å². The average Bonchev–Trinajstić information content (AvgIpc) is 3.00. The molecule has 10 heteroatoms. The lowest BCUT2D eigenvalue weighted by molar-refractivity contribution is -0.127. The van der Waals surface area contributed by atoms with E-state index in [0.717, 1.165) is 0 Å². The standard InChI is InChI=1S/C16H26N6O4/c1-3-26-9-8-22-11-13(20(2)16(25)19-14(11)24)18-15(22)21-6-4-10(5-7-21)12(17)23/h10-11,13H,3-9H2,1-2H3,(H2,17,23)(H,19,24,25). The molecule has 0 aromatic heterocycles. The number of guanidine groups is 1. The topological polar surface area (TPSA) is 121 Å². The van der Waals surface area contributed by atoms with E-state index in [2.05, 4.69) is 15.2 Å². The Labute approximate surface area is 152 Å². The smallest absolute Gasteiger partial charge is 0.325 e. The van der Waals surface area contributed by atoms with Crippen LogP contribution in [0.5, 0.6) is 0 Å². The van der Waals surface area contributed by atoms with Crippen molar-refractivity contribution >= 4 is 23.8 Å². The molecule has 0 aromatic carbocycles. The molecular formula is C16H26N6O4. The number of imide groups is 1. The molecule has 2 fully saturated rings. The minimum atomic E-state index is -0.568. The zero-order valence-corrected chi connectivity index (χ0v) is 15.2. The van der Waals surface area contributed by atoms with Gasteiger partial charge in [0.2, 0.25) is 5.91 Å². The molecule has 4 amide bonds. The van der Waals surface area contributed by atoms with E-state index in [0.29, 0.717) is 51.6 Å². The quantitative estimate of drug-likeness (QED) is 0.588. The Kier molecular flexibility index (Phi) is 5.30. The van der Waals surface area contributed by atoms with E-state index in [1.807, 2.05) is 11.8 Å². The number of fused-ring (bicyclic) bond motifs is 1. The van der Waals surface area contributed by atoms with E-state index in [4.69, 9.17) is 10.5 Å². The van der Waals surface area contributed by atoms with E-state index in [1.54, 1.807) is 7.05 Å². The van der Waals surface area contributed by atoms with Gasteiger partial charge in [0.1, 0.15) is 0 Å². The van der Waals surface area contributed by atoms with Gasteiger partial charge < -0.3 is 25.2 Å². The van der Waals surface area contributed by atoms with Crippen molar-refractivity contribution in [2.24, 2.45) is 16.6 Å². The minimum absolute atomic E-state index is 0.125. The molecule has 10 nitrogen and oxygen atoms in total. The number of likely N-dealkylation sites (N-methyl/N-ethyl adjacent to an activating group) is 1. The molecule has 0 bridgehead atoms. The first-order valence-electron chi connectivity index (χ1n) is 8.98. The largest absolute Gasteiger partial charge is 0.380 e. The van der Waals surface area contributed by atoms with Gasteiger partial charge in [-0.3, -0.25) is 14.9 Å². The molecule has 2 atom stereocenters. The first-order valence-corrected chi connectivity index (χ1v) is 8.98. The molecule has 2 saturated heterocycles. The van der Waals surface area contributed by atoms with Gasteiger partial charge in [-0.2, -0.15) is 0 Å². The highest BCUT2D eigenvalue weighted by atomic mass is 16.5. The number of nitrogens with one attached hydrogen (secondary N) is 1. The van der Waals surface area contributed by atoms with Crippen LogP contribution in [0.2, 0.25) is 0 Å². The number of likely N-dealkylation sites (tertiary alicyclic amines) is 1. The summed E-state index contributed by atoms with van der Waals surface area (Å²) in [5.41, 5.74) is 5.41. The molecule has 3 N–H and O–H groups in total. The number of hydrogen-bond acceptors (Lipinski definition) is 7. The average molecular weight is 366 g/mol. The van der Waals surface area contributed by atoms with Crippen molar-refractivity contribution in [2.45, 2.75) is 32.0 Å². The zero-order chi connectivity index (χ0) is 18.8. The molecule has 0 saturated carbocycles. The second kappa shape index (κ2) is 7.48. The van der Waals surface area contributed by atoms with Crippen LogP contribution in [-0.2, 0) is 14.3 Å². The fraction of sp³-hybridized carbons (Fsp3) is 0.750. The summed E-state index contributed by atoms with van der Waals surface area (Å²) in [6.45, 7) is 4.73. The van der Waals surface area contributed by atoms with Crippen LogP contribution in [0.3, 0.4) is 0 Å². The van der Waals surface area contributed by atoms with Crippen LogP contribution in [0.15, 0.2) is 4.99 Å². The number of carbonyl (C=O) groups excluding carboxylic acids is 3. The molecular weight excluding hydrogens is 340 g/mol. The summed E-state index contributed by atoms with van der Waals surface area (Å²) < 4.78 is 5.45. The summed E-state index contributed by atoms with van der Waals surface area (Å²) in [4.78, 5) is 45.9. The van der Waals surface area contributed by atoms with Crippen LogP contribution in [-0.4, -0.2) is 90.6 Å². The summed E-state index contributed by atoms with van der Waals surface area (Å²) in [7, 11) is 1.63. The van der Waals surface area contributed by atoms with Crippen molar-refractivity contribution in [2.75, 3.05) is 39.9 Å². The van der Waals surface area contributed by atoms with E-state index in [1.165, 1.54) is 4.90 Å². The highest BCUT2D eigenvalue weighted by Gasteiger charge is 2.49. The lowest BCUT2D eigenvalue weighted by Crippen LogP contribution is -2.64. The Bertz CT molecular complexity index is 616. The Morgan fingerprint density at radius 1 is 1.35 bits per heavy atom. The van der Waals surface area contributed by atoms with Gasteiger partial charge in [0, 0.05) is 39.2 Å². The summed E-state index contributed by atoms with van der Waals surface area (Å²) in [5.74, 6) is -0.0655. The molecule has 0 spiro atoms. The van der Waals surface area contributed by atoms with E-state index < -0.39 is 18.2 Å². The van der Waals surface area contributed by atoms with Gasteiger partial charge in [0.05, 0.1) is 6.61 Å². The summed E-state index contributed by atoms with van der Waals surface area (Å²) >= 11 is 0. The second-order valence-electron chi connectivity index (χ2n) is 6.75. The van der Waals surface area contributed by atoms with Crippen LogP contribution in [0.25, 0.3) is 0 Å². The molecule has 3 heterocycles. The third-order valence-electron chi connectivity index (χ3n) is 5.20. The molecule has 0 aromatic rings. The Morgan fingerprint density at radius 2 is 2.04 bits per heavy atom. The molecule has 0 radical (unpaired) electrons. The second-order valence-corrected chi connectivity index (χ2v) is 6.75. The van der Waals surface area contributed by atoms with Crippen molar-refractivity contribution in [1.82, 2.24) is 20.0 Å². The molecule has 0 aliphatic carbocycles. The summed E-state index contributed by atoms with van der Waals surface area (Å²) in [6.07, 6.45) is 0.759. The lowest BCUT2D eigenvalue weighted by Gasteiger charge is -2.39. The lowest BCUT2D eigenvalue weighted by atomic mass is 9.96. The number of hydrogen-bond donors (Lipinski definition) is 2. The van der Waals surface area contributed by atoms with Gasteiger partial charge in [-0.15, -0.1) is 0 Å². The predicted octanol–water partition coefficient (Wildman–Crippen LogP) is -1.23.